The molecule has 1 fully saturated rings. The second-order valence-corrected chi connectivity index (χ2v) is 7.82. The SMILES string of the molecule is CCCC[C@@H](C(=O)N1C(=O)OC[C@@H]1Cc1ccccc1)C(C)=NOCc1ccccc1. The van der Waals surface area contributed by atoms with Crippen molar-refractivity contribution in [2.45, 2.75) is 52.2 Å². The van der Waals surface area contributed by atoms with Gasteiger partial charge in [0.1, 0.15) is 13.2 Å². The predicted molar refractivity (Wildman–Crippen MR) is 119 cm³/mol. The van der Waals surface area contributed by atoms with Gasteiger partial charge in [0.05, 0.1) is 17.7 Å². The van der Waals surface area contributed by atoms with Crippen LogP contribution in [-0.2, 0) is 27.4 Å². The molecule has 0 aromatic heterocycles. The molecular formula is C25H30N2O4. The van der Waals surface area contributed by atoms with E-state index >= 15 is 0 Å². The Kier molecular flexibility index (Phi) is 8.21. The molecule has 0 spiro atoms. The van der Waals surface area contributed by atoms with Crippen molar-refractivity contribution in [3.63, 3.8) is 0 Å². The van der Waals surface area contributed by atoms with Gasteiger partial charge in [-0.2, -0.15) is 0 Å². The summed E-state index contributed by atoms with van der Waals surface area (Å²) in [5.41, 5.74) is 2.64. The molecule has 0 unspecified atom stereocenters. The van der Waals surface area contributed by atoms with Gasteiger partial charge >= 0.3 is 6.09 Å². The molecule has 2 aromatic carbocycles. The summed E-state index contributed by atoms with van der Waals surface area (Å²) >= 11 is 0. The minimum atomic E-state index is -0.578. The van der Waals surface area contributed by atoms with Crippen molar-refractivity contribution >= 4 is 17.7 Å². The molecule has 3 rings (SSSR count). The van der Waals surface area contributed by atoms with Gasteiger partial charge in [0.25, 0.3) is 0 Å². The summed E-state index contributed by atoms with van der Waals surface area (Å²) in [6.45, 7) is 4.40. The lowest BCUT2D eigenvalue weighted by Gasteiger charge is -2.25. The molecule has 1 aliphatic rings. The topological polar surface area (TPSA) is 68.2 Å². The maximum absolute atomic E-state index is 13.4. The number of nitrogens with zero attached hydrogens (tertiary/aromatic N) is 2. The molecular weight excluding hydrogens is 392 g/mol. The number of carbonyl (C=O) groups excluding carboxylic acids is 2. The fourth-order valence-electron chi connectivity index (χ4n) is 3.70. The minimum Gasteiger partial charge on any atom is -0.447 e. The van der Waals surface area contributed by atoms with Gasteiger partial charge in [-0.05, 0) is 30.9 Å². The summed E-state index contributed by atoms with van der Waals surface area (Å²) in [6.07, 6.45) is 2.40. The van der Waals surface area contributed by atoms with Crippen LogP contribution in [0, 0.1) is 5.92 Å². The van der Waals surface area contributed by atoms with E-state index in [2.05, 4.69) is 12.1 Å². The zero-order valence-corrected chi connectivity index (χ0v) is 18.2. The predicted octanol–water partition coefficient (Wildman–Crippen LogP) is 4.98. The van der Waals surface area contributed by atoms with Crippen LogP contribution in [0.25, 0.3) is 0 Å². The fraction of sp³-hybridized carbons (Fsp3) is 0.400. The van der Waals surface area contributed by atoms with E-state index in [1.165, 1.54) is 4.90 Å². The number of benzene rings is 2. The maximum atomic E-state index is 13.4. The quantitative estimate of drug-likeness (QED) is 0.400. The standard InChI is InChI=1S/C25H30N2O4/c1-3-4-15-23(19(2)26-31-17-21-13-9-6-10-14-21)24(28)27-22(18-30-25(27)29)16-20-11-7-5-8-12-20/h5-14,22-23H,3-4,15-18H2,1-2H3/t22-,23+/m0/s1. The van der Waals surface area contributed by atoms with Crippen LogP contribution in [0.3, 0.4) is 0 Å². The molecule has 0 saturated carbocycles. The van der Waals surface area contributed by atoms with Gasteiger partial charge in [-0.15, -0.1) is 0 Å². The number of hydrogen-bond donors (Lipinski definition) is 0. The van der Waals surface area contributed by atoms with Crippen LogP contribution in [0.4, 0.5) is 4.79 Å². The number of cyclic esters (lactones) is 1. The molecule has 164 valence electrons. The lowest BCUT2D eigenvalue weighted by atomic mass is 9.95. The fourth-order valence-corrected chi connectivity index (χ4v) is 3.70. The Balaban J connectivity index is 1.72. The molecule has 0 N–H and O–H groups in total. The van der Waals surface area contributed by atoms with Crippen LogP contribution in [-0.4, -0.2) is 35.3 Å². The van der Waals surface area contributed by atoms with Gasteiger partial charge in [0.15, 0.2) is 0 Å². The first-order chi connectivity index (χ1) is 15.1. The van der Waals surface area contributed by atoms with Crippen molar-refractivity contribution in [3.8, 4) is 0 Å². The normalized spacial score (nSPS) is 17.4. The number of ether oxygens (including phenoxy) is 1. The van der Waals surface area contributed by atoms with Crippen molar-refractivity contribution in [1.82, 2.24) is 4.90 Å². The Morgan fingerprint density at radius 2 is 1.77 bits per heavy atom. The molecule has 2 aromatic rings. The molecule has 1 saturated heterocycles. The molecule has 1 heterocycles. The number of amides is 2. The molecule has 0 radical (unpaired) electrons. The first-order valence-electron chi connectivity index (χ1n) is 10.8. The second kappa shape index (κ2) is 11.3. The minimum absolute atomic E-state index is 0.209. The maximum Gasteiger partial charge on any atom is 0.417 e. The van der Waals surface area contributed by atoms with E-state index in [1.54, 1.807) is 6.92 Å². The van der Waals surface area contributed by atoms with Gasteiger partial charge in [-0.3, -0.25) is 4.79 Å². The summed E-state index contributed by atoms with van der Waals surface area (Å²) in [4.78, 5) is 32.6. The van der Waals surface area contributed by atoms with Crippen LogP contribution in [0.1, 0.15) is 44.2 Å². The Labute approximate surface area is 183 Å². The molecule has 0 aliphatic carbocycles. The van der Waals surface area contributed by atoms with Crippen molar-refractivity contribution in [1.29, 1.82) is 0 Å². The van der Waals surface area contributed by atoms with E-state index in [1.807, 2.05) is 60.7 Å². The third-order valence-corrected chi connectivity index (χ3v) is 5.44. The van der Waals surface area contributed by atoms with E-state index in [4.69, 9.17) is 9.57 Å². The van der Waals surface area contributed by atoms with Crippen molar-refractivity contribution in [2.75, 3.05) is 6.61 Å². The van der Waals surface area contributed by atoms with Crippen molar-refractivity contribution in [2.24, 2.45) is 11.1 Å². The average Bonchev–Trinajstić information content (AvgIpc) is 3.15. The number of carbonyl (C=O) groups is 2. The Morgan fingerprint density at radius 1 is 1.13 bits per heavy atom. The highest BCUT2D eigenvalue weighted by Crippen LogP contribution is 2.23. The molecule has 31 heavy (non-hydrogen) atoms. The molecule has 2 atom stereocenters. The molecule has 1 aliphatic heterocycles. The second-order valence-electron chi connectivity index (χ2n) is 7.82. The molecule has 6 nitrogen and oxygen atoms in total. The van der Waals surface area contributed by atoms with Gasteiger partial charge in [0, 0.05) is 0 Å². The van der Waals surface area contributed by atoms with Gasteiger partial charge < -0.3 is 9.57 Å². The third-order valence-electron chi connectivity index (χ3n) is 5.44. The van der Waals surface area contributed by atoms with Crippen LogP contribution < -0.4 is 0 Å². The lowest BCUT2D eigenvalue weighted by Crippen LogP contribution is -2.45. The molecule has 0 bridgehead atoms. The van der Waals surface area contributed by atoms with Crippen LogP contribution in [0.5, 0.6) is 0 Å². The van der Waals surface area contributed by atoms with Crippen LogP contribution in [0.2, 0.25) is 0 Å². The van der Waals surface area contributed by atoms with Gasteiger partial charge in [0.2, 0.25) is 5.91 Å². The van der Waals surface area contributed by atoms with E-state index in [9.17, 15) is 9.59 Å². The zero-order valence-electron chi connectivity index (χ0n) is 18.2. The van der Waals surface area contributed by atoms with E-state index in [0.717, 1.165) is 24.0 Å². The molecule has 6 heteroatoms. The average molecular weight is 423 g/mol. The monoisotopic (exact) mass is 422 g/mol. The lowest BCUT2D eigenvalue weighted by molar-refractivity contribution is -0.131. The van der Waals surface area contributed by atoms with Crippen LogP contribution >= 0.6 is 0 Å². The Bertz CT molecular complexity index is 883. The number of rotatable bonds is 10. The smallest absolute Gasteiger partial charge is 0.417 e. The number of unbranched alkanes of at least 4 members (excludes halogenated alkanes) is 1. The van der Waals surface area contributed by atoms with E-state index in [-0.39, 0.29) is 18.6 Å². The van der Waals surface area contributed by atoms with Crippen molar-refractivity contribution in [3.05, 3.63) is 71.8 Å². The molecule has 2 amide bonds. The number of hydrogen-bond acceptors (Lipinski definition) is 5. The summed E-state index contributed by atoms with van der Waals surface area (Å²) in [7, 11) is 0. The summed E-state index contributed by atoms with van der Waals surface area (Å²) in [5, 5.41) is 4.22. The van der Waals surface area contributed by atoms with Crippen LogP contribution in [0.15, 0.2) is 65.8 Å². The van der Waals surface area contributed by atoms with E-state index < -0.39 is 12.0 Å². The Hall–Kier alpha value is -3.15. The summed E-state index contributed by atoms with van der Waals surface area (Å²) < 4.78 is 5.24. The first-order valence-corrected chi connectivity index (χ1v) is 10.8. The highest BCUT2D eigenvalue weighted by molar-refractivity contribution is 6.07. The number of imide groups is 1. The Morgan fingerprint density at radius 3 is 2.42 bits per heavy atom. The largest absolute Gasteiger partial charge is 0.447 e. The van der Waals surface area contributed by atoms with Gasteiger partial charge in [-0.1, -0.05) is 85.6 Å². The number of oxime groups is 1. The third kappa shape index (κ3) is 6.17. The van der Waals surface area contributed by atoms with Crippen molar-refractivity contribution < 1.29 is 19.2 Å². The van der Waals surface area contributed by atoms with Gasteiger partial charge in [-0.25, -0.2) is 9.69 Å². The zero-order chi connectivity index (χ0) is 22.1. The summed E-state index contributed by atoms with van der Waals surface area (Å²) in [5.74, 6) is -0.777. The highest BCUT2D eigenvalue weighted by atomic mass is 16.6. The highest BCUT2D eigenvalue weighted by Gasteiger charge is 2.41. The first kappa shape index (κ1) is 22.5. The van der Waals surface area contributed by atoms with E-state index in [0.29, 0.717) is 25.2 Å². The summed E-state index contributed by atoms with van der Waals surface area (Å²) in [6, 6.07) is 19.2.